The normalized spacial score (nSPS) is 23.8. The van der Waals surface area contributed by atoms with Gasteiger partial charge in [0.25, 0.3) is 0 Å². The second-order valence-electron chi connectivity index (χ2n) is 7.87. The van der Waals surface area contributed by atoms with Gasteiger partial charge in [-0.25, -0.2) is 4.79 Å². The van der Waals surface area contributed by atoms with Crippen LogP contribution in [0.5, 0.6) is 0 Å². The van der Waals surface area contributed by atoms with Gasteiger partial charge in [0.05, 0.1) is 0 Å². The van der Waals surface area contributed by atoms with Crippen LogP contribution in [0.2, 0.25) is 0 Å². The molecule has 2 atom stereocenters. The molecule has 1 amide bonds. The highest BCUT2D eigenvalue weighted by molar-refractivity contribution is 5.79. The van der Waals surface area contributed by atoms with E-state index in [4.69, 9.17) is 4.74 Å². The van der Waals surface area contributed by atoms with Gasteiger partial charge in [0, 0.05) is 19.4 Å². The molecule has 122 valence electrons. The van der Waals surface area contributed by atoms with Crippen molar-refractivity contribution in [2.45, 2.75) is 72.8 Å². The average Bonchev–Trinajstić information content (AvgIpc) is 2.34. The van der Waals surface area contributed by atoms with Gasteiger partial charge in [-0.2, -0.15) is 0 Å². The van der Waals surface area contributed by atoms with Crippen molar-refractivity contribution in [3.63, 3.8) is 0 Å². The summed E-state index contributed by atoms with van der Waals surface area (Å²) in [5, 5.41) is 2.84. The fourth-order valence-corrected chi connectivity index (χ4v) is 3.12. The first-order valence-corrected chi connectivity index (χ1v) is 8.03. The minimum Gasteiger partial charge on any atom is -0.444 e. The maximum Gasteiger partial charge on any atom is 0.407 e. The van der Waals surface area contributed by atoms with E-state index in [9.17, 15) is 9.59 Å². The Morgan fingerprint density at radius 1 is 1.29 bits per heavy atom. The van der Waals surface area contributed by atoms with Crippen molar-refractivity contribution in [1.29, 1.82) is 0 Å². The molecule has 1 aliphatic rings. The van der Waals surface area contributed by atoms with Crippen molar-refractivity contribution in [2.75, 3.05) is 6.54 Å². The first kappa shape index (κ1) is 18.0. The van der Waals surface area contributed by atoms with Crippen LogP contribution < -0.4 is 5.32 Å². The Bertz CT molecular complexity index is 382. The fraction of sp³-hybridized carbons (Fsp3) is 0.882. The zero-order valence-corrected chi connectivity index (χ0v) is 14.4. The lowest BCUT2D eigenvalue weighted by molar-refractivity contribution is -0.124. The monoisotopic (exact) mass is 297 g/mol. The van der Waals surface area contributed by atoms with E-state index in [-0.39, 0.29) is 11.3 Å². The molecule has 4 heteroatoms. The van der Waals surface area contributed by atoms with Crippen LogP contribution in [0.25, 0.3) is 0 Å². The van der Waals surface area contributed by atoms with Crippen LogP contribution in [0, 0.1) is 17.3 Å². The molecule has 21 heavy (non-hydrogen) atoms. The molecule has 0 saturated heterocycles. The van der Waals surface area contributed by atoms with Crippen LogP contribution in [0.3, 0.4) is 0 Å². The third-order valence-electron chi connectivity index (χ3n) is 4.62. The van der Waals surface area contributed by atoms with Crippen molar-refractivity contribution < 1.29 is 14.3 Å². The lowest BCUT2D eigenvalue weighted by atomic mass is 9.64. The molecule has 0 aromatic heterocycles. The molecule has 0 aromatic rings. The summed E-state index contributed by atoms with van der Waals surface area (Å²) >= 11 is 0. The molecule has 1 saturated carbocycles. The largest absolute Gasteiger partial charge is 0.444 e. The van der Waals surface area contributed by atoms with Crippen LogP contribution >= 0.6 is 0 Å². The smallest absolute Gasteiger partial charge is 0.407 e. The van der Waals surface area contributed by atoms with E-state index in [2.05, 4.69) is 26.1 Å². The number of ether oxygens (including phenoxy) is 1. The third kappa shape index (κ3) is 5.68. The number of nitrogens with one attached hydrogen (secondary N) is 1. The second kappa shape index (κ2) is 6.80. The van der Waals surface area contributed by atoms with E-state index in [1.165, 1.54) is 0 Å². The molecule has 0 heterocycles. The Balaban J connectivity index is 2.64. The minimum absolute atomic E-state index is 0.195. The molecule has 1 N–H and O–H groups in total. The van der Waals surface area contributed by atoms with E-state index in [1.807, 2.05) is 20.8 Å². The summed E-state index contributed by atoms with van der Waals surface area (Å²) < 4.78 is 5.27. The number of amides is 1. The number of carbonyl (C=O) groups is 2. The number of carbonyl (C=O) groups excluding carboxylic acids is 2. The Morgan fingerprint density at radius 3 is 2.43 bits per heavy atom. The van der Waals surface area contributed by atoms with E-state index >= 15 is 0 Å². The van der Waals surface area contributed by atoms with E-state index in [1.54, 1.807) is 0 Å². The summed E-state index contributed by atoms with van der Waals surface area (Å²) in [7, 11) is 0. The number of ketones is 1. The molecule has 0 bridgehead atoms. The highest BCUT2D eigenvalue weighted by atomic mass is 16.6. The van der Waals surface area contributed by atoms with Crippen LogP contribution in [0.15, 0.2) is 0 Å². The second-order valence-corrected chi connectivity index (χ2v) is 7.87. The van der Waals surface area contributed by atoms with Gasteiger partial charge < -0.3 is 10.1 Å². The maximum atomic E-state index is 11.8. The van der Waals surface area contributed by atoms with Gasteiger partial charge >= 0.3 is 6.09 Å². The topological polar surface area (TPSA) is 55.4 Å². The van der Waals surface area contributed by atoms with Gasteiger partial charge in [0.2, 0.25) is 0 Å². The maximum absolute atomic E-state index is 11.8. The number of hydrogen-bond donors (Lipinski definition) is 1. The number of rotatable bonds is 4. The summed E-state index contributed by atoms with van der Waals surface area (Å²) in [5.74, 6) is 0.998. The lowest BCUT2D eigenvalue weighted by Crippen LogP contribution is -2.43. The third-order valence-corrected chi connectivity index (χ3v) is 4.62. The van der Waals surface area contributed by atoms with E-state index in [0.717, 1.165) is 12.8 Å². The average molecular weight is 297 g/mol. The number of alkyl carbamates (subject to hydrolysis) is 1. The standard InChI is InChI=1S/C17H31NO3/c1-7-17(5,6)14-9-8-13(19)10-12(14)11-18-15(20)21-16(2,3)4/h12,14H,7-11H2,1-6H3,(H,18,20). The predicted octanol–water partition coefficient (Wildman–Crippen LogP) is 3.93. The molecule has 0 aromatic carbocycles. The van der Waals surface area contributed by atoms with Crippen LogP contribution in [-0.2, 0) is 9.53 Å². The SMILES string of the molecule is CCC(C)(C)C1CCC(=O)CC1CNC(=O)OC(C)(C)C. The van der Waals surface area contributed by atoms with Crippen molar-refractivity contribution in [1.82, 2.24) is 5.32 Å². The van der Waals surface area contributed by atoms with Crippen LogP contribution in [-0.4, -0.2) is 24.0 Å². The summed E-state index contributed by atoms with van der Waals surface area (Å²) in [6.07, 6.45) is 2.87. The van der Waals surface area contributed by atoms with E-state index < -0.39 is 11.7 Å². The lowest BCUT2D eigenvalue weighted by Gasteiger charge is -2.41. The summed E-state index contributed by atoms with van der Waals surface area (Å²) in [4.78, 5) is 23.6. The number of Topliss-reactive ketones (excluding diaryl/α,β-unsaturated/α-hetero) is 1. The molecule has 0 radical (unpaired) electrons. The highest BCUT2D eigenvalue weighted by Gasteiger charge is 2.38. The molecule has 0 spiro atoms. The van der Waals surface area contributed by atoms with Gasteiger partial charge in [-0.15, -0.1) is 0 Å². The van der Waals surface area contributed by atoms with Gasteiger partial charge in [0.1, 0.15) is 11.4 Å². The first-order valence-electron chi connectivity index (χ1n) is 8.03. The number of hydrogen-bond acceptors (Lipinski definition) is 3. The molecule has 0 aliphatic heterocycles. The highest BCUT2D eigenvalue weighted by Crippen LogP contribution is 2.42. The zero-order valence-electron chi connectivity index (χ0n) is 14.4. The van der Waals surface area contributed by atoms with Crippen molar-refractivity contribution in [3.05, 3.63) is 0 Å². The first-order chi connectivity index (χ1) is 9.55. The van der Waals surface area contributed by atoms with Gasteiger partial charge in [-0.3, -0.25) is 4.79 Å². The molecule has 2 unspecified atom stereocenters. The van der Waals surface area contributed by atoms with Gasteiger partial charge in [-0.05, 0) is 44.4 Å². The summed E-state index contributed by atoms with van der Waals surface area (Å²) in [5.41, 5.74) is -0.296. The molecular formula is C17H31NO3. The Hall–Kier alpha value is -1.06. The molecule has 1 rings (SSSR count). The molecule has 4 nitrogen and oxygen atoms in total. The summed E-state index contributed by atoms with van der Waals surface area (Å²) in [6, 6.07) is 0. The van der Waals surface area contributed by atoms with Gasteiger partial charge in [0.15, 0.2) is 0 Å². The van der Waals surface area contributed by atoms with Crippen LogP contribution in [0.4, 0.5) is 4.79 Å². The molecular weight excluding hydrogens is 266 g/mol. The molecule has 1 fully saturated rings. The predicted molar refractivity (Wildman–Crippen MR) is 84.1 cm³/mol. The Labute approximate surface area is 129 Å². The van der Waals surface area contributed by atoms with Crippen molar-refractivity contribution in [2.24, 2.45) is 17.3 Å². The van der Waals surface area contributed by atoms with E-state index in [0.29, 0.717) is 31.1 Å². The fourth-order valence-electron chi connectivity index (χ4n) is 3.12. The Kier molecular flexibility index (Phi) is 5.83. The van der Waals surface area contributed by atoms with Crippen molar-refractivity contribution in [3.8, 4) is 0 Å². The van der Waals surface area contributed by atoms with Gasteiger partial charge in [-0.1, -0.05) is 27.2 Å². The summed E-state index contributed by atoms with van der Waals surface area (Å²) in [6.45, 7) is 12.8. The van der Waals surface area contributed by atoms with Crippen molar-refractivity contribution >= 4 is 11.9 Å². The quantitative estimate of drug-likeness (QED) is 0.855. The minimum atomic E-state index is -0.492. The Morgan fingerprint density at radius 2 is 1.90 bits per heavy atom. The van der Waals surface area contributed by atoms with Crippen LogP contribution in [0.1, 0.15) is 67.2 Å². The molecule has 1 aliphatic carbocycles. The zero-order chi connectivity index (χ0) is 16.3.